The molecule has 4 nitrogen and oxygen atoms in total. The first kappa shape index (κ1) is 20.8. The van der Waals surface area contributed by atoms with E-state index < -0.39 is 0 Å². The number of benzene rings is 1. The van der Waals surface area contributed by atoms with E-state index in [0.717, 1.165) is 21.5 Å². The van der Waals surface area contributed by atoms with Crippen LogP contribution in [0.5, 0.6) is 0 Å². The molecular weight excluding hydrogens is 456 g/mol. The topological polar surface area (TPSA) is 49.4 Å². The average molecular weight is 477 g/mol. The van der Waals surface area contributed by atoms with Crippen molar-refractivity contribution in [2.45, 2.75) is 25.8 Å². The quantitative estimate of drug-likeness (QED) is 0.446. The van der Waals surface area contributed by atoms with Crippen LogP contribution >= 0.6 is 38.6 Å². The van der Waals surface area contributed by atoms with Gasteiger partial charge in [-0.1, -0.05) is 12.1 Å². The molecule has 3 rings (SSSR count). The minimum absolute atomic E-state index is 0.0297. The molecule has 2 amide bonds. The number of amides is 2. The van der Waals surface area contributed by atoms with Crippen molar-refractivity contribution in [2.75, 3.05) is 12.4 Å². The third-order valence-electron chi connectivity index (χ3n) is 4.17. The lowest BCUT2D eigenvalue weighted by Gasteiger charge is -2.17. The van der Waals surface area contributed by atoms with Gasteiger partial charge in [-0.05, 0) is 70.5 Å². The lowest BCUT2D eigenvalue weighted by molar-refractivity contribution is -0.116. The summed E-state index contributed by atoms with van der Waals surface area (Å²) in [5.74, 6) is -0.101. The van der Waals surface area contributed by atoms with Gasteiger partial charge < -0.3 is 10.2 Å². The van der Waals surface area contributed by atoms with Crippen molar-refractivity contribution in [1.29, 1.82) is 0 Å². The molecule has 1 N–H and O–H groups in total. The first-order valence-electron chi connectivity index (χ1n) is 8.93. The summed E-state index contributed by atoms with van der Waals surface area (Å²) in [4.78, 5) is 29.0. The molecule has 2 aromatic heterocycles. The summed E-state index contributed by atoms with van der Waals surface area (Å²) < 4.78 is 1.05. The van der Waals surface area contributed by atoms with Gasteiger partial charge in [0, 0.05) is 34.5 Å². The Morgan fingerprint density at radius 3 is 2.68 bits per heavy atom. The summed E-state index contributed by atoms with van der Waals surface area (Å²) in [7, 11) is 1.78. The molecule has 1 aromatic carbocycles. The van der Waals surface area contributed by atoms with Crippen LogP contribution in [0.4, 0.5) is 5.69 Å². The number of halogens is 1. The summed E-state index contributed by atoms with van der Waals surface area (Å²) in [5, 5.41) is 4.95. The van der Waals surface area contributed by atoms with Gasteiger partial charge in [-0.15, -0.1) is 22.7 Å². The number of rotatable bonds is 8. The van der Waals surface area contributed by atoms with Gasteiger partial charge in [-0.2, -0.15) is 0 Å². The molecule has 0 radical (unpaired) electrons. The van der Waals surface area contributed by atoms with Crippen LogP contribution in [0.15, 0.2) is 57.7 Å². The molecular formula is C21H21BrN2O2S2. The highest BCUT2D eigenvalue weighted by molar-refractivity contribution is 9.11. The number of hydrogen-bond acceptors (Lipinski definition) is 4. The third-order valence-corrected chi connectivity index (χ3v) is 6.71. The number of aryl methyl sites for hydroxylation is 1. The Bertz CT molecular complexity index is 938. The fourth-order valence-corrected chi connectivity index (χ4v) is 5.08. The van der Waals surface area contributed by atoms with E-state index in [4.69, 9.17) is 0 Å². The predicted octanol–water partition coefficient (Wildman–Crippen LogP) is 5.81. The van der Waals surface area contributed by atoms with E-state index >= 15 is 0 Å². The largest absolute Gasteiger partial charge is 0.337 e. The van der Waals surface area contributed by atoms with Crippen molar-refractivity contribution < 1.29 is 9.59 Å². The highest BCUT2D eigenvalue weighted by Crippen LogP contribution is 2.23. The molecule has 0 atom stereocenters. The second-order valence-corrected chi connectivity index (χ2v) is 10.0. The van der Waals surface area contributed by atoms with Crippen molar-refractivity contribution >= 4 is 56.1 Å². The summed E-state index contributed by atoms with van der Waals surface area (Å²) in [6.45, 7) is 0.550. The van der Waals surface area contributed by atoms with Crippen LogP contribution in [-0.2, 0) is 17.8 Å². The Morgan fingerprint density at radius 2 is 1.96 bits per heavy atom. The zero-order chi connectivity index (χ0) is 19.9. The first-order valence-corrected chi connectivity index (χ1v) is 11.4. The minimum atomic E-state index is -0.0710. The van der Waals surface area contributed by atoms with E-state index in [2.05, 4.69) is 27.3 Å². The summed E-state index contributed by atoms with van der Waals surface area (Å²) in [6.07, 6.45) is 2.18. The van der Waals surface area contributed by atoms with Gasteiger partial charge >= 0.3 is 0 Å². The molecule has 0 aliphatic rings. The second kappa shape index (κ2) is 10.0. The lowest BCUT2D eigenvalue weighted by Crippen LogP contribution is -2.26. The van der Waals surface area contributed by atoms with E-state index in [1.54, 1.807) is 52.8 Å². The fraction of sp³-hybridized carbons (Fsp3) is 0.238. The van der Waals surface area contributed by atoms with Crippen LogP contribution in [0.2, 0.25) is 0 Å². The molecule has 2 heterocycles. The Kier molecular flexibility index (Phi) is 7.42. The van der Waals surface area contributed by atoms with Crippen LogP contribution < -0.4 is 5.32 Å². The van der Waals surface area contributed by atoms with Gasteiger partial charge in [0.1, 0.15) is 0 Å². The second-order valence-electron chi connectivity index (χ2n) is 6.43. The van der Waals surface area contributed by atoms with Crippen molar-refractivity contribution in [2.24, 2.45) is 0 Å². The van der Waals surface area contributed by atoms with E-state index in [9.17, 15) is 9.59 Å². The zero-order valence-electron chi connectivity index (χ0n) is 15.5. The molecule has 0 fully saturated rings. The first-order chi connectivity index (χ1) is 13.5. The molecule has 0 aliphatic heterocycles. The number of anilines is 1. The van der Waals surface area contributed by atoms with Gasteiger partial charge in [-0.3, -0.25) is 9.59 Å². The van der Waals surface area contributed by atoms with Crippen LogP contribution in [0.25, 0.3) is 0 Å². The van der Waals surface area contributed by atoms with Crippen molar-refractivity contribution in [3.63, 3.8) is 0 Å². The van der Waals surface area contributed by atoms with Crippen molar-refractivity contribution in [3.05, 3.63) is 73.0 Å². The molecule has 0 saturated carbocycles. The smallest absolute Gasteiger partial charge is 0.253 e. The number of hydrogen-bond donors (Lipinski definition) is 1. The Balaban J connectivity index is 1.53. The number of nitrogens with one attached hydrogen (secondary N) is 1. The molecule has 3 aromatic rings. The molecule has 0 spiro atoms. The monoisotopic (exact) mass is 476 g/mol. The van der Waals surface area contributed by atoms with E-state index in [1.807, 2.05) is 29.6 Å². The van der Waals surface area contributed by atoms with E-state index in [0.29, 0.717) is 24.2 Å². The molecule has 28 heavy (non-hydrogen) atoms. The Hall–Kier alpha value is -1.96. The average Bonchev–Trinajstić information content (AvgIpc) is 3.33. The van der Waals surface area contributed by atoms with Gasteiger partial charge in [0.15, 0.2) is 0 Å². The lowest BCUT2D eigenvalue weighted by atomic mass is 10.1. The van der Waals surface area contributed by atoms with Crippen LogP contribution in [0, 0.1) is 0 Å². The fourth-order valence-electron chi connectivity index (χ4n) is 2.79. The molecule has 0 unspecified atom stereocenters. The maximum atomic E-state index is 12.7. The van der Waals surface area contributed by atoms with Crippen LogP contribution in [-0.4, -0.2) is 23.8 Å². The SMILES string of the molecule is CN(Cc1ccc(Br)s1)C(=O)c1cccc(NC(=O)CCCc2cccs2)c1. The van der Waals surface area contributed by atoms with E-state index in [1.165, 1.54) is 4.88 Å². The predicted molar refractivity (Wildman–Crippen MR) is 120 cm³/mol. The highest BCUT2D eigenvalue weighted by atomic mass is 79.9. The number of thiophene rings is 2. The number of carbonyl (C=O) groups excluding carboxylic acids is 2. The van der Waals surface area contributed by atoms with Gasteiger partial charge in [0.25, 0.3) is 5.91 Å². The normalized spacial score (nSPS) is 10.6. The van der Waals surface area contributed by atoms with Gasteiger partial charge in [-0.25, -0.2) is 0 Å². The molecule has 0 aliphatic carbocycles. The van der Waals surface area contributed by atoms with Crippen LogP contribution in [0.3, 0.4) is 0 Å². The Morgan fingerprint density at radius 1 is 1.11 bits per heavy atom. The van der Waals surface area contributed by atoms with Crippen LogP contribution in [0.1, 0.15) is 33.0 Å². The van der Waals surface area contributed by atoms with Gasteiger partial charge in [0.2, 0.25) is 5.91 Å². The maximum absolute atomic E-state index is 12.7. The molecule has 7 heteroatoms. The Labute approximate surface area is 181 Å². The van der Waals surface area contributed by atoms with Crippen molar-refractivity contribution in [3.8, 4) is 0 Å². The zero-order valence-corrected chi connectivity index (χ0v) is 18.7. The molecule has 146 valence electrons. The summed E-state index contributed by atoms with van der Waals surface area (Å²) in [5.41, 5.74) is 1.22. The molecule has 0 saturated heterocycles. The summed E-state index contributed by atoms with van der Waals surface area (Å²) >= 11 is 6.77. The van der Waals surface area contributed by atoms with Gasteiger partial charge in [0.05, 0.1) is 10.3 Å². The van der Waals surface area contributed by atoms with E-state index in [-0.39, 0.29) is 11.8 Å². The molecule has 0 bridgehead atoms. The highest BCUT2D eigenvalue weighted by Gasteiger charge is 2.14. The third kappa shape index (κ3) is 6.02. The number of nitrogens with zero attached hydrogens (tertiary/aromatic N) is 1. The van der Waals surface area contributed by atoms with Crippen molar-refractivity contribution in [1.82, 2.24) is 4.90 Å². The maximum Gasteiger partial charge on any atom is 0.253 e. The number of carbonyl (C=O) groups is 2. The minimum Gasteiger partial charge on any atom is -0.337 e. The summed E-state index contributed by atoms with van der Waals surface area (Å²) in [6, 6.07) is 15.2. The standard InChI is InChI=1S/C21H21BrN2O2S2/c1-24(14-18-10-11-19(22)28-18)21(26)15-5-2-6-16(13-15)23-20(25)9-3-7-17-8-4-12-27-17/h2,4-6,8,10-13H,3,7,9,14H2,1H3,(H,23,25).